The number of benzene rings is 1. The Balaban J connectivity index is 1.93. The maximum absolute atomic E-state index is 12.2. The van der Waals surface area contributed by atoms with Gasteiger partial charge in [-0.05, 0) is 25.5 Å². The van der Waals surface area contributed by atoms with Gasteiger partial charge in [0.1, 0.15) is 6.29 Å². The van der Waals surface area contributed by atoms with Crippen LogP contribution in [-0.4, -0.2) is 62.2 Å². The fraction of sp³-hybridized carbons (Fsp3) is 0.438. The van der Waals surface area contributed by atoms with E-state index in [9.17, 15) is 22.8 Å². The van der Waals surface area contributed by atoms with E-state index in [0.29, 0.717) is 24.8 Å². The van der Waals surface area contributed by atoms with Crippen molar-refractivity contribution in [3.63, 3.8) is 0 Å². The molecule has 0 aromatic heterocycles. The van der Waals surface area contributed by atoms with E-state index in [1.165, 1.54) is 29.2 Å². The van der Waals surface area contributed by atoms with Crippen molar-refractivity contribution in [1.29, 1.82) is 0 Å². The second kappa shape index (κ2) is 7.57. The Hall–Kier alpha value is -2.22. The van der Waals surface area contributed by atoms with Crippen molar-refractivity contribution in [1.82, 2.24) is 4.90 Å². The lowest BCUT2D eigenvalue weighted by Gasteiger charge is -2.26. The third-order valence-electron chi connectivity index (χ3n) is 3.92. The molecule has 0 aliphatic carbocycles. The third kappa shape index (κ3) is 4.41. The molecule has 1 aliphatic heterocycles. The largest absolute Gasteiger partial charge is 0.452 e. The fourth-order valence-corrected chi connectivity index (χ4v) is 4.38. The summed E-state index contributed by atoms with van der Waals surface area (Å²) in [7, 11) is -3.10. The Morgan fingerprint density at radius 1 is 1.29 bits per heavy atom. The first-order valence-electron chi connectivity index (χ1n) is 7.58. The highest BCUT2D eigenvalue weighted by molar-refractivity contribution is 7.91. The number of sulfone groups is 1. The number of nitrogens with zero attached hydrogens (tertiary/aromatic N) is 1. The molecule has 0 spiro atoms. The van der Waals surface area contributed by atoms with Gasteiger partial charge in [-0.2, -0.15) is 0 Å². The Morgan fingerprint density at radius 2 is 1.96 bits per heavy atom. The zero-order valence-corrected chi connectivity index (χ0v) is 14.1. The molecule has 0 saturated carbocycles. The lowest BCUT2D eigenvalue weighted by molar-refractivity contribution is -0.136. The van der Waals surface area contributed by atoms with Gasteiger partial charge in [0.2, 0.25) is 0 Å². The molecule has 0 radical (unpaired) electrons. The number of esters is 1. The summed E-state index contributed by atoms with van der Waals surface area (Å²) in [4.78, 5) is 36.1. The summed E-state index contributed by atoms with van der Waals surface area (Å²) in [6, 6.07) is 5.48. The summed E-state index contributed by atoms with van der Waals surface area (Å²) < 4.78 is 28.1. The van der Waals surface area contributed by atoms with Crippen LogP contribution in [0.4, 0.5) is 0 Å². The molecule has 1 amide bonds. The van der Waals surface area contributed by atoms with E-state index in [0.717, 1.165) is 0 Å². The molecule has 2 rings (SSSR count). The molecule has 1 aromatic rings. The monoisotopic (exact) mass is 353 g/mol. The van der Waals surface area contributed by atoms with Crippen LogP contribution in [0.5, 0.6) is 0 Å². The number of carbonyl (C=O) groups excluding carboxylic acids is 3. The summed E-state index contributed by atoms with van der Waals surface area (Å²) in [6.45, 7) is 1.66. The van der Waals surface area contributed by atoms with Gasteiger partial charge in [0.15, 0.2) is 16.4 Å². The molecule has 1 fully saturated rings. The van der Waals surface area contributed by atoms with Crippen molar-refractivity contribution in [3.8, 4) is 0 Å². The summed E-state index contributed by atoms with van der Waals surface area (Å²) in [5, 5.41) is 0. The number of carbonyl (C=O) groups is 3. The molecule has 130 valence electrons. The SMILES string of the molecule is CCN(C(=O)COC(=O)c1ccc(C=O)cc1)[C@H]1CCS(=O)(=O)C1. The molecule has 8 heteroatoms. The normalized spacial score (nSPS) is 18.8. The Bertz CT molecular complexity index is 725. The number of aldehydes is 1. The van der Waals surface area contributed by atoms with Crippen LogP contribution in [0.3, 0.4) is 0 Å². The zero-order chi connectivity index (χ0) is 17.7. The summed E-state index contributed by atoms with van der Waals surface area (Å²) in [5.74, 6) is -1.06. The first kappa shape index (κ1) is 18.1. The van der Waals surface area contributed by atoms with Gasteiger partial charge >= 0.3 is 5.97 Å². The number of rotatable bonds is 6. The van der Waals surface area contributed by atoms with Crippen LogP contribution in [-0.2, 0) is 19.4 Å². The van der Waals surface area contributed by atoms with Gasteiger partial charge in [-0.1, -0.05) is 12.1 Å². The highest BCUT2D eigenvalue weighted by atomic mass is 32.2. The molecule has 24 heavy (non-hydrogen) atoms. The maximum Gasteiger partial charge on any atom is 0.338 e. The molecule has 7 nitrogen and oxygen atoms in total. The van der Waals surface area contributed by atoms with Crippen LogP contribution in [0, 0.1) is 0 Å². The smallest absolute Gasteiger partial charge is 0.338 e. The molecule has 1 saturated heterocycles. The van der Waals surface area contributed by atoms with Crippen molar-refractivity contribution in [2.45, 2.75) is 19.4 Å². The molecule has 1 aliphatic rings. The minimum absolute atomic E-state index is 0.0479. The number of amides is 1. The average Bonchev–Trinajstić information content (AvgIpc) is 2.93. The van der Waals surface area contributed by atoms with E-state index >= 15 is 0 Å². The van der Waals surface area contributed by atoms with Crippen molar-refractivity contribution in [2.75, 3.05) is 24.7 Å². The van der Waals surface area contributed by atoms with E-state index in [-0.39, 0.29) is 23.1 Å². The molecular formula is C16H19NO6S. The van der Waals surface area contributed by atoms with Gasteiger partial charge in [-0.25, -0.2) is 13.2 Å². The van der Waals surface area contributed by atoms with E-state index in [2.05, 4.69) is 0 Å². The van der Waals surface area contributed by atoms with Gasteiger partial charge in [-0.3, -0.25) is 9.59 Å². The summed E-state index contributed by atoms with van der Waals surface area (Å²) in [6.07, 6.45) is 1.07. The second-order valence-corrected chi connectivity index (χ2v) is 7.78. The van der Waals surface area contributed by atoms with Crippen molar-refractivity contribution in [2.24, 2.45) is 0 Å². The highest BCUT2D eigenvalue weighted by Crippen LogP contribution is 2.18. The predicted octanol–water partition coefficient (Wildman–Crippen LogP) is 0.692. The Labute approximate surface area is 140 Å². The predicted molar refractivity (Wildman–Crippen MR) is 86.6 cm³/mol. The van der Waals surface area contributed by atoms with Crippen LogP contribution in [0.15, 0.2) is 24.3 Å². The van der Waals surface area contributed by atoms with Crippen LogP contribution in [0.1, 0.15) is 34.1 Å². The molecule has 0 unspecified atom stereocenters. The quantitative estimate of drug-likeness (QED) is 0.551. The van der Waals surface area contributed by atoms with Crippen LogP contribution < -0.4 is 0 Å². The number of hydrogen-bond donors (Lipinski definition) is 0. The van der Waals surface area contributed by atoms with Crippen LogP contribution in [0.2, 0.25) is 0 Å². The van der Waals surface area contributed by atoms with Gasteiger partial charge in [0.25, 0.3) is 5.91 Å². The van der Waals surface area contributed by atoms with Gasteiger partial charge in [0.05, 0.1) is 17.1 Å². The lowest BCUT2D eigenvalue weighted by atomic mass is 10.1. The average molecular weight is 353 g/mol. The maximum atomic E-state index is 12.2. The molecule has 1 heterocycles. The molecule has 1 aromatic carbocycles. The van der Waals surface area contributed by atoms with E-state index < -0.39 is 28.3 Å². The lowest BCUT2D eigenvalue weighted by Crippen LogP contribution is -2.43. The zero-order valence-electron chi connectivity index (χ0n) is 13.3. The van der Waals surface area contributed by atoms with E-state index in [1.807, 2.05) is 0 Å². The van der Waals surface area contributed by atoms with E-state index in [4.69, 9.17) is 4.74 Å². The van der Waals surface area contributed by atoms with E-state index in [1.54, 1.807) is 6.92 Å². The standard InChI is InChI=1S/C16H19NO6S/c1-2-17(14-7-8-24(21,22)11-14)15(19)10-23-16(20)13-5-3-12(9-18)4-6-13/h3-6,9,14H,2,7-8,10-11H2,1H3/t14-/m0/s1. The van der Waals surface area contributed by atoms with Crippen molar-refractivity contribution in [3.05, 3.63) is 35.4 Å². The number of ether oxygens (including phenoxy) is 1. The summed E-state index contributed by atoms with van der Waals surface area (Å²) in [5.41, 5.74) is 0.669. The van der Waals surface area contributed by atoms with Crippen LogP contribution >= 0.6 is 0 Å². The number of hydrogen-bond acceptors (Lipinski definition) is 6. The fourth-order valence-electron chi connectivity index (χ4n) is 2.65. The minimum atomic E-state index is -3.10. The van der Waals surface area contributed by atoms with Gasteiger partial charge in [-0.15, -0.1) is 0 Å². The first-order chi connectivity index (χ1) is 11.4. The molecule has 0 N–H and O–H groups in total. The highest BCUT2D eigenvalue weighted by Gasteiger charge is 2.34. The Morgan fingerprint density at radius 3 is 2.46 bits per heavy atom. The number of likely N-dealkylation sites (N-methyl/N-ethyl adjacent to an activating group) is 1. The second-order valence-electron chi connectivity index (χ2n) is 5.55. The third-order valence-corrected chi connectivity index (χ3v) is 5.67. The topological polar surface area (TPSA) is 97.8 Å². The first-order valence-corrected chi connectivity index (χ1v) is 9.40. The van der Waals surface area contributed by atoms with Crippen molar-refractivity contribution >= 4 is 28.0 Å². The van der Waals surface area contributed by atoms with Crippen molar-refractivity contribution < 1.29 is 27.5 Å². The molecular weight excluding hydrogens is 334 g/mol. The van der Waals surface area contributed by atoms with Gasteiger partial charge < -0.3 is 9.64 Å². The van der Waals surface area contributed by atoms with Gasteiger partial charge in [0, 0.05) is 18.2 Å². The Kier molecular flexibility index (Phi) is 5.71. The molecule has 1 atom stereocenters. The minimum Gasteiger partial charge on any atom is -0.452 e. The summed E-state index contributed by atoms with van der Waals surface area (Å²) >= 11 is 0. The van der Waals surface area contributed by atoms with Crippen LogP contribution in [0.25, 0.3) is 0 Å². The molecule has 0 bridgehead atoms.